The van der Waals surface area contributed by atoms with E-state index in [4.69, 9.17) is 0 Å². The lowest BCUT2D eigenvalue weighted by atomic mass is 10.1. The number of carbonyl (C=O) groups excluding carboxylic acids is 1. The number of carbonyl (C=O) groups is 1. The number of fused-ring (bicyclic) bond motifs is 1. The fourth-order valence-electron chi connectivity index (χ4n) is 1.70. The maximum Gasteiger partial charge on any atom is 0.254 e. The van der Waals surface area contributed by atoms with Crippen LogP contribution in [0.3, 0.4) is 0 Å². The highest BCUT2D eigenvalue weighted by atomic mass is 16.2. The average molecular weight is 190 g/mol. The number of amides is 1. The second-order valence-corrected chi connectivity index (χ2v) is 3.50. The number of nitrogens with one attached hydrogen (secondary N) is 2. The van der Waals surface area contributed by atoms with Crippen LogP contribution in [0.15, 0.2) is 24.3 Å². The molecule has 0 aromatic heterocycles. The summed E-state index contributed by atoms with van der Waals surface area (Å²) in [5.74, 6) is 0.0257. The Morgan fingerprint density at radius 3 is 2.86 bits per heavy atom. The van der Waals surface area contributed by atoms with Gasteiger partial charge in [0, 0.05) is 5.69 Å². The topological polar surface area (TPSA) is 41.1 Å². The van der Waals surface area contributed by atoms with E-state index in [9.17, 15) is 4.79 Å². The van der Waals surface area contributed by atoms with Crippen LogP contribution in [0.4, 0.5) is 5.69 Å². The molecule has 1 aliphatic heterocycles. The summed E-state index contributed by atoms with van der Waals surface area (Å²) in [6.45, 7) is 2.11. The molecule has 1 aromatic carbocycles. The maximum atomic E-state index is 11.6. The third kappa shape index (κ3) is 1.58. The Hall–Kier alpha value is -1.51. The van der Waals surface area contributed by atoms with Gasteiger partial charge in [-0.15, -0.1) is 0 Å². The van der Waals surface area contributed by atoms with Crippen molar-refractivity contribution in [1.29, 1.82) is 0 Å². The van der Waals surface area contributed by atoms with Crippen molar-refractivity contribution in [2.24, 2.45) is 0 Å². The molecule has 0 aliphatic carbocycles. The van der Waals surface area contributed by atoms with Crippen LogP contribution in [0, 0.1) is 0 Å². The first kappa shape index (κ1) is 9.06. The predicted octanol–water partition coefficient (Wildman–Crippen LogP) is 1.97. The van der Waals surface area contributed by atoms with Crippen LogP contribution in [-0.4, -0.2) is 12.1 Å². The van der Waals surface area contributed by atoms with Crippen LogP contribution in [0.5, 0.6) is 0 Å². The Morgan fingerprint density at radius 1 is 1.29 bits per heavy atom. The van der Waals surface area contributed by atoms with Crippen molar-refractivity contribution in [3.05, 3.63) is 29.8 Å². The summed E-state index contributed by atoms with van der Waals surface area (Å²) < 4.78 is 0. The van der Waals surface area contributed by atoms with Gasteiger partial charge in [0.25, 0.3) is 5.91 Å². The molecule has 0 radical (unpaired) electrons. The third-order valence-corrected chi connectivity index (χ3v) is 2.38. The van der Waals surface area contributed by atoms with Crippen molar-refractivity contribution in [2.45, 2.75) is 25.9 Å². The van der Waals surface area contributed by atoms with E-state index < -0.39 is 0 Å². The monoisotopic (exact) mass is 190 g/mol. The van der Waals surface area contributed by atoms with Crippen LogP contribution >= 0.6 is 0 Å². The molecule has 0 saturated carbocycles. The lowest BCUT2D eigenvalue weighted by Crippen LogP contribution is -2.44. The first-order valence-electron chi connectivity index (χ1n) is 4.97. The highest BCUT2D eigenvalue weighted by molar-refractivity contribution is 6.01. The molecule has 0 fully saturated rings. The minimum atomic E-state index is 0.0257. The van der Waals surface area contributed by atoms with Crippen LogP contribution in [0.1, 0.15) is 30.1 Å². The predicted molar refractivity (Wildman–Crippen MR) is 56.2 cm³/mol. The van der Waals surface area contributed by atoms with E-state index in [0.717, 1.165) is 24.1 Å². The summed E-state index contributed by atoms with van der Waals surface area (Å²) >= 11 is 0. The average Bonchev–Trinajstić information content (AvgIpc) is 2.18. The van der Waals surface area contributed by atoms with Gasteiger partial charge in [-0.05, 0) is 18.6 Å². The number of rotatable bonds is 2. The van der Waals surface area contributed by atoms with E-state index in [1.165, 1.54) is 0 Å². The van der Waals surface area contributed by atoms with E-state index in [2.05, 4.69) is 17.6 Å². The Balaban J connectivity index is 2.24. The molecule has 1 amide bonds. The summed E-state index contributed by atoms with van der Waals surface area (Å²) in [4.78, 5) is 11.6. The van der Waals surface area contributed by atoms with Gasteiger partial charge in [-0.1, -0.05) is 25.5 Å². The maximum absolute atomic E-state index is 11.6. The van der Waals surface area contributed by atoms with Crippen LogP contribution in [-0.2, 0) is 0 Å². The Bertz CT molecular complexity index is 349. The number of para-hydroxylation sites is 1. The fraction of sp³-hybridized carbons (Fsp3) is 0.364. The number of anilines is 1. The molecule has 3 nitrogen and oxygen atoms in total. The first-order chi connectivity index (χ1) is 6.81. The summed E-state index contributed by atoms with van der Waals surface area (Å²) in [6, 6.07) is 7.59. The Labute approximate surface area is 83.5 Å². The van der Waals surface area contributed by atoms with Crippen LogP contribution in [0.25, 0.3) is 0 Å². The molecule has 2 rings (SSSR count). The second-order valence-electron chi connectivity index (χ2n) is 3.50. The molecule has 1 aromatic rings. The van der Waals surface area contributed by atoms with E-state index >= 15 is 0 Å². The van der Waals surface area contributed by atoms with Gasteiger partial charge in [0.1, 0.15) is 0 Å². The molecule has 1 aliphatic rings. The number of hydrogen-bond donors (Lipinski definition) is 2. The van der Waals surface area contributed by atoms with Crippen LogP contribution in [0.2, 0.25) is 0 Å². The van der Waals surface area contributed by atoms with Gasteiger partial charge in [-0.25, -0.2) is 0 Å². The van der Waals surface area contributed by atoms with Gasteiger partial charge in [-0.2, -0.15) is 0 Å². The molecule has 0 spiro atoms. The second kappa shape index (κ2) is 3.70. The molecule has 2 N–H and O–H groups in total. The van der Waals surface area contributed by atoms with Crippen molar-refractivity contribution >= 4 is 11.6 Å². The highest BCUT2D eigenvalue weighted by Crippen LogP contribution is 2.20. The zero-order valence-corrected chi connectivity index (χ0v) is 8.21. The molecule has 1 heterocycles. The lowest BCUT2D eigenvalue weighted by molar-refractivity contribution is 0.0934. The Morgan fingerprint density at radius 2 is 2.07 bits per heavy atom. The van der Waals surface area contributed by atoms with Gasteiger partial charge in [-0.3, -0.25) is 4.79 Å². The highest BCUT2D eigenvalue weighted by Gasteiger charge is 2.21. The number of hydrogen-bond acceptors (Lipinski definition) is 2. The quantitative estimate of drug-likeness (QED) is 0.748. The molecule has 1 unspecified atom stereocenters. The molecular weight excluding hydrogens is 176 g/mol. The standard InChI is InChI=1S/C11H14N2O/c1-2-5-10-12-9-7-4-3-6-8(9)11(14)13-10/h3-4,6-7,10,12H,2,5H2,1H3,(H,13,14). The van der Waals surface area contributed by atoms with Gasteiger partial charge in [0.05, 0.1) is 11.7 Å². The fourth-order valence-corrected chi connectivity index (χ4v) is 1.70. The van der Waals surface area contributed by atoms with E-state index in [1.807, 2.05) is 24.3 Å². The molecule has 0 bridgehead atoms. The molecule has 0 saturated heterocycles. The van der Waals surface area contributed by atoms with Crippen molar-refractivity contribution < 1.29 is 4.79 Å². The minimum Gasteiger partial charge on any atom is -0.365 e. The largest absolute Gasteiger partial charge is 0.365 e. The lowest BCUT2D eigenvalue weighted by Gasteiger charge is -2.27. The van der Waals surface area contributed by atoms with E-state index in [0.29, 0.717) is 0 Å². The van der Waals surface area contributed by atoms with Crippen molar-refractivity contribution in [3.8, 4) is 0 Å². The van der Waals surface area contributed by atoms with E-state index in [-0.39, 0.29) is 12.1 Å². The molecule has 74 valence electrons. The molecular formula is C11H14N2O. The van der Waals surface area contributed by atoms with Gasteiger partial charge < -0.3 is 10.6 Å². The van der Waals surface area contributed by atoms with E-state index in [1.54, 1.807) is 0 Å². The zero-order valence-electron chi connectivity index (χ0n) is 8.21. The smallest absolute Gasteiger partial charge is 0.254 e. The van der Waals surface area contributed by atoms with Gasteiger partial charge in [0.15, 0.2) is 0 Å². The zero-order chi connectivity index (χ0) is 9.97. The normalized spacial score (nSPS) is 19.5. The molecule has 1 atom stereocenters. The summed E-state index contributed by atoms with van der Waals surface area (Å²) in [5.41, 5.74) is 1.68. The minimum absolute atomic E-state index is 0.0257. The summed E-state index contributed by atoms with van der Waals surface area (Å²) in [7, 11) is 0. The van der Waals surface area contributed by atoms with Crippen molar-refractivity contribution in [1.82, 2.24) is 5.32 Å². The first-order valence-corrected chi connectivity index (χ1v) is 4.97. The summed E-state index contributed by atoms with van der Waals surface area (Å²) in [6.07, 6.45) is 2.10. The van der Waals surface area contributed by atoms with Gasteiger partial charge >= 0.3 is 0 Å². The third-order valence-electron chi connectivity index (χ3n) is 2.38. The molecule has 14 heavy (non-hydrogen) atoms. The summed E-state index contributed by atoms with van der Waals surface area (Å²) in [5, 5.41) is 6.22. The van der Waals surface area contributed by atoms with Crippen molar-refractivity contribution in [2.75, 3.05) is 5.32 Å². The SMILES string of the molecule is CCCC1NC(=O)c2ccccc2N1. The van der Waals surface area contributed by atoms with Crippen molar-refractivity contribution in [3.63, 3.8) is 0 Å². The number of benzene rings is 1. The Kier molecular flexibility index (Phi) is 2.39. The molecule has 3 heteroatoms. The van der Waals surface area contributed by atoms with Crippen LogP contribution < -0.4 is 10.6 Å². The van der Waals surface area contributed by atoms with Gasteiger partial charge in [0.2, 0.25) is 0 Å².